The van der Waals surface area contributed by atoms with Crippen molar-refractivity contribution in [3.63, 3.8) is 0 Å². The first-order chi connectivity index (χ1) is 7.75. The van der Waals surface area contributed by atoms with E-state index in [1.54, 1.807) is 17.4 Å². The molecule has 2 N–H and O–H groups in total. The lowest BCUT2D eigenvalue weighted by atomic mass is 10.2. The van der Waals surface area contributed by atoms with Gasteiger partial charge in [0.05, 0.1) is 11.4 Å². The van der Waals surface area contributed by atoms with Crippen molar-refractivity contribution in [1.82, 2.24) is 4.98 Å². The topological polar surface area (TPSA) is 56.0 Å². The van der Waals surface area contributed by atoms with Crippen LogP contribution in [0.5, 0.6) is 0 Å². The van der Waals surface area contributed by atoms with Crippen molar-refractivity contribution in [2.24, 2.45) is 5.73 Å². The average molecular weight is 230 g/mol. The summed E-state index contributed by atoms with van der Waals surface area (Å²) in [5.41, 5.74) is 7.72. The number of aromatic nitrogens is 1. The quantitative estimate of drug-likeness (QED) is 0.822. The molecular formula is C12H10N2OS. The fraction of sp³-hybridized carbons (Fsp3) is 0. The molecule has 0 saturated carbocycles. The van der Waals surface area contributed by atoms with Gasteiger partial charge in [-0.1, -0.05) is 6.07 Å². The molecule has 1 amide bonds. The summed E-state index contributed by atoms with van der Waals surface area (Å²) in [6.45, 7) is 0. The van der Waals surface area contributed by atoms with Gasteiger partial charge in [0.15, 0.2) is 0 Å². The molecule has 0 aromatic carbocycles. The molecule has 0 aliphatic rings. The van der Waals surface area contributed by atoms with Crippen LogP contribution < -0.4 is 5.73 Å². The minimum Gasteiger partial charge on any atom is -0.366 e. The lowest BCUT2D eigenvalue weighted by Gasteiger charge is -1.98. The van der Waals surface area contributed by atoms with Gasteiger partial charge in [0, 0.05) is 17.0 Å². The van der Waals surface area contributed by atoms with Crippen molar-refractivity contribution < 1.29 is 4.79 Å². The monoisotopic (exact) mass is 230 g/mol. The summed E-state index contributed by atoms with van der Waals surface area (Å²) in [4.78, 5) is 15.0. The van der Waals surface area contributed by atoms with Crippen LogP contribution in [0.15, 0.2) is 41.1 Å². The number of carbonyl (C=O) groups excluding carboxylic acids is 1. The molecule has 2 rings (SSSR count). The molecule has 0 aliphatic carbocycles. The van der Waals surface area contributed by atoms with E-state index in [0.717, 1.165) is 17.0 Å². The number of nitrogens with zero attached hydrogens (tertiary/aromatic N) is 1. The van der Waals surface area contributed by atoms with Gasteiger partial charge in [0.25, 0.3) is 0 Å². The van der Waals surface area contributed by atoms with Crippen molar-refractivity contribution in [2.75, 3.05) is 0 Å². The Kier molecular flexibility index (Phi) is 3.12. The van der Waals surface area contributed by atoms with Gasteiger partial charge in [-0.05, 0) is 29.7 Å². The maximum absolute atomic E-state index is 10.6. The normalized spacial score (nSPS) is 10.8. The van der Waals surface area contributed by atoms with E-state index in [9.17, 15) is 4.79 Å². The molecule has 2 heterocycles. The summed E-state index contributed by atoms with van der Waals surface area (Å²) in [6.07, 6.45) is 2.91. The van der Waals surface area contributed by atoms with Crippen molar-refractivity contribution in [3.05, 3.63) is 46.8 Å². The Morgan fingerprint density at radius 2 is 2.25 bits per heavy atom. The smallest absolute Gasteiger partial charge is 0.241 e. The molecule has 2 aromatic heterocycles. The number of nitrogens with two attached hydrogens (primary N) is 1. The van der Waals surface area contributed by atoms with E-state index in [2.05, 4.69) is 4.98 Å². The first-order valence-corrected chi connectivity index (χ1v) is 5.67. The highest BCUT2D eigenvalue weighted by Crippen LogP contribution is 2.20. The predicted molar refractivity (Wildman–Crippen MR) is 65.8 cm³/mol. The molecule has 0 atom stereocenters. The van der Waals surface area contributed by atoms with E-state index in [-0.39, 0.29) is 0 Å². The van der Waals surface area contributed by atoms with E-state index in [1.807, 2.05) is 35.0 Å². The van der Waals surface area contributed by atoms with Crippen LogP contribution in [0.3, 0.4) is 0 Å². The van der Waals surface area contributed by atoms with Crippen molar-refractivity contribution in [2.45, 2.75) is 0 Å². The summed E-state index contributed by atoms with van der Waals surface area (Å²) >= 11 is 1.63. The summed E-state index contributed by atoms with van der Waals surface area (Å²) in [5.74, 6) is -0.470. The third-order valence-corrected chi connectivity index (χ3v) is 2.69. The molecule has 0 radical (unpaired) electrons. The maximum Gasteiger partial charge on any atom is 0.241 e. The fourth-order valence-corrected chi connectivity index (χ4v) is 1.93. The summed E-state index contributed by atoms with van der Waals surface area (Å²) in [7, 11) is 0. The number of amides is 1. The Morgan fingerprint density at radius 3 is 2.94 bits per heavy atom. The molecule has 2 aromatic rings. The largest absolute Gasteiger partial charge is 0.366 e. The van der Waals surface area contributed by atoms with Gasteiger partial charge in [-0.15, -0.1) is 0 Å². The highest BCUT2D eigenvalue weighted by molar-refractivity contribution is 7.08. The molecular weight excluding hydrogens is 220 g/mol. The van der Waals surface area contributed by atoms with Crippen LogP contribution in [0.2, 0.25) is 0 Å². The number of carbonyl (C=O) groups is 1. The third kappa shape index (κ3) is 2.55. The van der Waals surface area contributed by atoms with Gasteiger partial charge in [-0.3, -0.25) is 4.79 Å². The number of thiophene rings is 1. The Bertz CT molecular complexity index is 518. The molecule has 3 nitrogen and oxygen atoms in total. The SMILES string of the molecule is NC(=O)/C=C\c1cccc(-c2ccsc2)n1. The number of primary amides is 1. The Morgan fingerprint density at radius 1 is 1.38 bits per heavy atom. The fourth-order valence-electron chi connectivity index (χ4n) is 1.28. The van der Waals surface area contributed by atoms with Crippen LogP contribution in [0.1, 0.15) is 5.69 Å². The predicted octanol–water partition coefficient (Wildman–Crippen LogP) is 2.31. The number of rotatable bonds is 3. The second-order valence-corrected chi connectivity index (χ2v) is 3.98. The lowest BCUT2D eigenvalue weighted by Crippen LogP contribution is -2.05. The van der Waals surface area contributed by atoms with Crippen molar-refractivity contribution in [3.8, 4) is 11.3 Å². The van der Waals surface area contributed by atoms with E-state index < -0.39 is 5.91 Å². The standard InChI is InChI=1S/C12H10N2OS/c13-12(15)5-4-10-2-1-3-11(14-10)9-6-7-16-8-9/h1-8H,(H2,13,15)/b5-4-. The minimum absolute atomic E-state index is 0.470. The average Bonchev–Trinajstić information content (AvgIpc) is 2.80. The van der Waals surface area contributed by atoms with Gasteiger partial charge < -0.3 is 5.73 Å². The van der Waals surface area contributed by atoms with E-state index in [0.29, 0.717) is 0 Å². The van der Waals surface area contributed by atoms with Crippen LogP contribution >= 0.6 is 11.3 Å². The van der Waals surface area contributed by atoms with Crippen molar-refractivity contribution in [1.29, 1.82) is 0 Å². The summed E-state index contributed by atoms with van der Waals surface area (Å²) in [6, 6.07) is 7.67. The zero-order chi connectivity index (χ0) is 11.4. The van der Waals surface area contributed by atoms with Gasteiger partial charge in [-0.2, -0.15) is 11.3 Å². The molecule has 0 bridgehead atoms. The zero-order valence-electron chi connectivity index (χ0n) is 8.46. The lowest BCUT2D eigenvalue weighted by molar-refractivity contribution is -0.113. The summed E-state index contributed by atoms with van der Waals surface area (Å²) in [5, 5.41) is 4.03. The van der Waals surface area contributed by atoms with Gasteiger partial charge in [0.2, 0.25) is 5.91 Å². The molecule has 0 spiro atoms. The van der Waals surface area contributed by atoms with Gasteiger partial charge >= 0.3 is 0 Å². The molecule has 0 saturated heterocycles. The van der Waals surface area contributed by atoms with Crippen LogP contribution in [0.25, 0.3) is 17.3 Å². The molecule has 0 aliphatic heterocycles. The number of hydrogen-bond acceptors (Lipinski definition) is 3. The Hall–Kier alpha value is -1.94. The van der Waals surface area contributed by atoms with E-state index >= 15 is 0 Å². The van der Waals surface area contributed by atoms with E-state index in [4.69, 9.17) is 5.73 Å². The summed E-state index contributed by atoms with van der Waals surface area (Å²) < 4.78 is 0. The highest BCUT2D eigenvalue weighted by Gasteiger charge is 1.99. The molecule has 16 heavy (non-hydrogen) atoms. The first kappa shape index (κ1) is 10.6. The molecule has 80 valence electrons. The number of hydrogen-bond donors (Lipinski definition) is 1. The second-order valence-electron chi connectivity index (χ2n) is 3.20. The van der Waals surface area contributed by atoms with Crippen LogP contribution in [0, 0.1) is 0 Å². The molecule has 4 heteroatoms. The maximum atomic E-state index is 10.6. The number of pyridine rings is 1. The Labute approximate surface area is 97.3 Å². The van der Waals surface area contributed by atoms with Crippen molar-refractivity contribution >= 4 is 23.3 Å². The first-order valence-electron chi connectivity index (χ1n) is 4.73. The Balaban J connectivity index is 2.30. The third-order valence-electron chi connectivity index (χ3n) is 2.01. The molecule has 0 unspecified atom stereocenters. The van der Waals surface area contributed by atoms with Crippen LogP contribution in [-0.2, 0) is 4.79 Å². The van der Waals surface area contributed by atoms with Gasteiger partial charge in [0.1, 0.15) is 0 Å². The van der Waals surface area contributed by atoms with Crippen LogP contribution in [-0.4, -0.2) is 10.9 Å². The minimum atomic E-state index is -0.470. The van der Waals surface area contributed by atoms with Gasteiger partial charge in [-0.25, -0.2) is 4.98 Å². The second kappa shape index (κ2) is 4.72. The zero-order valence-corrected chi connectivity index (χ0v) is 9.28. The molecule has 0 fully saturated rings. The highest BCUT2D eigenvalue weighted by atomic mass is 32.1. The van der Waals surface area contributed by atoms with Crippen LogP contribution in [0.4, 0.5) is 0 Å². The van der Waals surface area contributed by atoms with E-state index in [1.165, 1.54) is 6.08 Å².